The first kappa shape index (κ1) is 18.8. The average molecular weight is 373 g/mol. The Balaban J connectivity index is 0.00000196. The van der Waals surface area contributed by atoms with E-state index in [1.165, 1.54) is 25.0 Å². The van der Waals surface area contributed by atoms with E-state index in [-0.39, 0.29) is 12.4 Å². The molecule has 7 heteroatoms. The Kier molecular flexibility index (Phi) is 6.55. The smallest absolute Gasteiger partial charge is 0.155 e. The van der Waals surface area contributed by atoms with Crippen LogP contribution in [0, 0.1) is 0 Å². The predicted molar refractivity (Wildman–Crippen MR) is 104 cm³/mol. The minimum Gasteiger partial charge on any atom is -0.317 e. The van der Waals surface area contributed by atoms with Crippen LogP contribution in [-0.4, -0.2) is 43.4 Å². The van der Waals surface area contributed by atoms with Crippen molar-refractivity contribution in [3.63, 3.8) is 0 Å². The fourth-order valence-electron chi connectivity index (χ4n) is 3.60. The third-order valence-corrected chi connectivity index (χ3v) is 4.91. The normalized spacial score (nSPS) is 17.8. The Morgan fingerprint density at radius 2 is 2.04 bits per heavy atom. The lowest BCUT2D eigenvalue weighted by molar-refractivity contribution is 0.160. The van der Waals surface area contributed by atoms with Crippen LogP contribution in [-0.2, 0) is 13.1 Å². The summed E-state index contributed by atoms with van der Waals surface area (Å²) in [7, 11) is 0. The predicted octanol–water partition coefficient (Wildman–Crippen LogP) is 2.69. The van der Waals surface area contributed by atoms with E-state index < -0.39 is 0 Å². The molecule has 0 amide bonds. The lowest BCUT2D eigenvalue weighted by atomic mass is 10.1. The second-order valence-corrected chi connectivity index (χ2v) is 6.61. The number of fused-ring (bicyclic) bond motifs is 1. The number of pyridine rings is 1. The molecule has 1 aliphatic heterocycles. The molecular weight excluding hydrogens is 348 g/mol. The topological polar surface area (TPSA) is 58.4 Å². The van der Waals surface area contributed by atoms with Gasteiger partial charge < -0.3 is 5.32 Å². The van der Waals surface area contributed by atoms with Gasteiger partial charge in [0.25, 0.3) is 0 Å². The van der Waals surface area contributed by atoms with Gasteiger partial charge in [-0.15, -0.1) is 12.4 Å². The Morgan fingerprint density at radius 1 is 1.08 bits per heavy atom. The largest absolute Gasteiger partial charge is 0.317 e. The van der Waals surface area contributed by atoms with Gasteiger partial charge in [-0.2, -0.15) is 0 Å². The van der Waals surface area contributed by atoms with Crippen molar-refractivity contribution in [2.24, 2.45) is 0 Å². The van der Waals surface area contributed by atoms with Crippen molar-refractivity contribution in [3.8, 4) is 0 Å². The maximum Gasteiger partial charge on any atom is 0.155 e. The van der Waals surface area contributed by atoms with Crippen molar-refractivity contribution >= 4 is 18.1 Å². The number of hydrogen-bond donors (Lipinski definition) is 1. The summed E-state index contributed by atoms with van der Waals surface area (Å²) < 4.78 is 2.13. The number of halogens is 1. The molecule has 4 rings (SSSR count). The maximum atomic E-state index is 4.54. The van der Waals surface area contributed by atoms with E-state index in [2.05, 4.69) is 41.7 Å². The molecule has 0 aliphatic carbocycles. The molecule has 1 unspecified atom stereocenters. The first-order valence-corrected chi connectivity index (χ1v) is 9.01. The van der Waals surface area contributed by atoms with Crippen LogP contribution in [0.1, 0.15) is 30.7 Å². The van der Waals surface area contributed by atoms with Crippen LogP contribution in [0.5, 0.6) is 0 Å². The van der Waals surface area contributed by atoms with E-state index in [1.54, 1.807) is 0 Å². The molecule has 1 atom stereocenters. The molecule has 1 N–H and O–H groups in total. The summed E-state index contributed by atoms with van der Waals surface area (Å²) >= 11 is 0. The van der Waals surface area contributed by atoms with E-state index in [4.69, 9.17) is 0 Å². The van der Waals surface area contributed by atoms with Gasteiger partial charge in [0.05, 0.1) is 23.8 Å². The Labute approximate surface area is 160 Å². The minimum absolute atomic E-state index is 0. The monoisotopic (exact) mass is 372 g/mol. The van der Waals surface area contributed by atoms with Gasteiger partial charge in [0.2, 0.25) is 0 Å². The number of nitrogens with one attached hydrogen (secondary N) is 1. The van der Waals surface area contributed by atoms with Crippen LogP contribution in [0.2, 0.25) is 0 Å². The first-order valence-electron chi connectivity index (χ1n) is 9.01. The summed E-state index contributed by atoms with van der Waals surface area (Å²) in [6.45, 7) is 3.94. The third-order valence-electron chi connectivity index (χ3n) is 4.91. The number of hydrogen-bond acceptors (Lipinski definition) is 5. The average Bonchev–Trinajstić information content (AvgIpc) is 2.88. The fourth-order valence-corrected chi connectivity index (χ4v) is 3.60. The number of nitrogens with zero attached hydrogens (tertiary/aromatic N) is 5. The molecule has 4 heterocycles. The van der Waals surface area contributed by atoms with Crippen molar-refractivity contribution in [1.29, 1.82) is 0 Å². The van der Waals surface area contributed by atoms with Crippen LogP contribution in [0.15, 0.2) is 49.2 Å². The first-order chi connectivity index (χ1) is 12.4. The van der Waals surface area contributed by atoms with Crippen molar-refractivity contribution in [3.05, 3.63) is 60.6 Å². The summed E-state index contributed by atoms with van der Waals surface area (Å²) in [5.74, 6) is 0. The molecule has 0 bridgehead atoms. The van der Waals surface area contributed by atoms with Crippen LogP contribution < -0.4 is 5.32 Å². The van der Waals surface area contributed by atoms with Crippen LogP contribution in [0.3, 0.4) is 0 Å². The summed E-state index contributed by atoms with van der Waals surface area (Å²) in [6.07, 6.45) is 13.1. The SMILES string of the molecule is Cl.c1ccc(CN(Cc2cnc3cnccn23)C2CCCNCC2)nc1. The Morgan fingerprint density at radius 3 is 2.92 bits per heavy atom. The highest BCUT2D eigenvalue weighted by Gasteiger charge is 2.22. The minimum atomic E-state index is 0. The van der Waals surface area contributed by atoms with Gasteiger partial charge in [-0.1, -0.05) is 6.07 Å². The summed E-state index contributed by atoms with van der Waals surface area (Å²) in [6, 6.07) is 6.71. The maximum absolute atomic E-state index is 4.54. The molecule has 3 aromatic heterocycles. The summed E-state index contributed by atoms with van der Waals surface area (Å²) in [4.78, 5) is 15.7. The van der Waals surface area contributed by atoms with E-state index in [9.17, 15) is 0 Å². The van der Waals surface area contributed by atoms with Crippen molar-refractivity contribution in [1.82, 2.24) is 29.6 Å². The fraction of sp³-hybridized carbons (Fsp3) is 0.421. The molecule has 0 radical (unpaired) electrons. The zero-order valence-electron chi connectivity index (χ0n) is 14.8. The lowest BCUT2D eigenvalue weighted by Gasteiger charge is -2.30. The van der Waals surface area contributed by atoms with Crippen molar-refractivity contribution in [2.75, 3.05) is 13.1 Å². The second kappa shape index (κ2) is 9.07. The molecule has 1 fully saturated rings. The van der Waals surface area contributed by atoms with Crippen LogP contribution >= 0.6 is 12.4 Å². The number of imidazole rings is 1. The van der Waals surface area contributed by atoms with E-state index in [0.717, 1.165) is 37.5 Å². The second-order valence-electron chi connectivity index (χ2n) is 6.61. The lowest BCUT2D eigenvalue weighted by Crippen LogP contribution is -2.35. The molecule has 6 nitrogen and oxygen atoms in total. The van der Waals surface area contributed by atoms with Gasteiger partial charge in [0.1, 0.15) is 0 Å². The van der Waals surface area contributed by atoms with Gasteiger partial charge in [0, 0.05) is 37.7 Å². The van der Waals surface area contributed by atoms with Gasteiger partial charge >= 0.3 is 0 Å². The van der Waals surface area contributed by atoms with Gasteiger partial charge in [-0.05, 0) is 44.5 Å². The molecular formula is C19H25ClN6. The summed E-state index contributed by atoms with van der Waals surface area (Å²) in [5, 5.41) is 3.52. The molecule has 3 aromatic rings. The molecule has 26 heavy (non-hydrogen) atoms. The van der Waals surface area contributed by atoms with Crippen LogP contribution in [0.4, 0.5) is 0 Å². The highest BCUT2D eigenvalue weighted by Crippen LogP contribution is 2.19. The van der Waals surface area contributed by atoms with E-state index in [1.807, 2.05) is 37.1 Å². The summed E-state index contributed by atoms with van der Waals surface area (Å²) in [5.41, 5.74) is 3.22. The van der Waals surface area contributed by atoms with E-state index in [0.29, 0.717) is 6.04 Å². The molecule has 0 spiro atoms. The van der Waals surface area contributed by atoms with Gasteiger partial charge in [-0.3, -0.25) is 19.3 Å². The number of rotatable bonds is 5. The van der Waals surface area contributed by atoms with E-state index >= 15 is 0 Å². The van der Waals surface area contributed by atoms with Crippen molar-refractivity contribution < 1.29 is 0 Å². The highest BCUT2D eigenvalue weighted by atomic mass is 35.5. The standard InChI is InChI=1S/C19H24N6.ClH/c1-2-8-22-16(4-1)14-24(17-5-3-7-20-9-6-17)15-18-12-23-19-13-21-10-11-25(18)19;/h1-2,4,8,10-13,17,20H,3,5-7,9,14-15H2;1H. The number of aromatic nitrogens is 4. The molecule has 0 saturated carbocycles. The Hall–Kier alpha value is -2.02. The van der Waals surface area contributed by atoms with Gasteiger partial charge in [-0.25, -0.2) is 4.98 Å². The quantitative estimate of drug-likeness (QED) is 0.746. The van der Waals surface area contributed by atoms with Crippen LogP contribution in [0.25, 0.3) is 5.65 Å². The Bertz CT molecular complexity index is 798. The zero-order chi connectivity index (χ0) is 16.9. The van der Waals surface area contributed by atoms with Crippen molar-refractivity contribution in [2.45, 2.75) is 38.4 Å². The highest BCUT2D eigenvalue weighted by molar-refractivity contribution is 5.85. The molecule has 0 aromatic carbocycles. The third kappa shape index (κ3) is 4.38. The zero-order valence-corrected chi connectivity index (χ0v) is 15.6. The van der Waals surface area contributed by atoms with Gasteiger partial charge in [0.15, 0.2) is 5.65 Å². The molecule has 1 saturated heterocycles. The molecule has 1 aliphatic rings. The molecule has 138 valence electrons.